The normalized spacial score (nSPS) is 18.5. The fourth-order valence-corrected chi connectivity index (χ4v) is 1.52. The Hall–Kier alpha value is -0.670. The van der Waals surface area contributed by atoms with Crippen LogP contribution >= 0.6 is 0 Å². The lowest BCUT2D eigenvalue weighted by atomic mass is 10.0. The second-order valence-corrected chi connectivity index (χ2v) is 4.01. The van der Waals surface area contributed by atoms with Gasteiger partial charge in [0.2, 0.25) is 0 Å². The fraction of sp³-hybridized carbons (Fsp3) is 0.727. The molecule has 1 rings (SSSR count). The van der Waals surface area contributed by atoms with Gasteiger partial charge in [0.05, 0.1) is 13.2 Å². The first-order valence-electron chi connectivity index (χ1n) is 5.13. The standard InChI is InChI=1S/C11H19NO2/c1-9(2)11(13)10(3)8-12-4-6-14-7-5-12/h9H,3-8H2,1-2H3. The predicted octanol–water partition coefficient (Wildman–Crippen LogP) is 1.10. The minimum Gasteiger partial charge on any atom is -0.379 e. The highest BCUT2D eigenvalue weighted by atomic mass is 16.5. The van der Waals surface area contributed by atoms with E-state index in [1.54, 1.807) is 0 Å². The van der Waals surface area contributed by atoms with Gasteiger partial charge in [-0.2, -0.15) is 0 Å². The molecule has 0 aromatic carbocycles. The van der Waals surface area contributed by atoms with Crippen molar-refractivity contribution in [2.24, 2.45) is 5.92 Å². The monoisotopic (exact) mass is 197 g/mol. The quantitative estimate of drug-likeness (QED) is 0.632. The van der Waals surface area contributed by atoms with E-state index >= 15 is 0 Å². The third kappa shape index (κ3) is 3.24. The van der Waals surface area contributed by atoms with Crippen LogP contribution in [0, 0.1) is 5.92 Å². The molecule has 3 heteroatoms. The first-order chi connectivity index (χ1) is 6.61. The molecule has 0 aromatic rings. The van der Waals surface area contributed by atoms with E-state index in [1.807, 2.05) is 13.8 Å². The number of carbonyl (C=O) groups is 1. The summed E-state index contributed by atoms with van der Waals surface area (Å²) in [4.78, 5) is 13.8. The number of carbonyl (C=O) groups excluding carboxylic acids is 1. The van der Waals surface area contributed by atoms with Crippen LogP contribution in [0.15, 0.2) is 12.2 Å². The first kappa shape index (κ1) is 11.4. The highest BCUT2D eigenvalue weighted by molar-refractivity contribution is 5.96. The highest BCUT2D eigenvalue weighted by Gasteiger charge is 2.16. The summed E-state index contributed by atoms with van der Waals surface area (Å²) in [6.45, 7) is 11.7. The molecule has 14 heavy (non-hydrogen) atoms. The van der Waals surface area contributed by atoms with Crippen molar-refractivity contribution in [2.75, 3.05) is 32.8 Å². The van der Waals surface area contributed by atoms with Gasteiger partial charge in [-0.15, -0.1) is 0 Å². The third-order valence-electron chi connectivity index (χ3n) is 2.39. The van der Waals surface area contributed by atoms with Crippen molar-refractivity contribution in [1.82, 2.24) is 4.90 Å². The van der Waals surface area contributed by atoms with E-state index < -0.39 is 0 Å². The molecular formula is C11H19NO2. The number of rotatable bonds is 4. The maximum absolute atomic E-state index is 11.6. The van der Waals surface area contributed by atoms with Gasteiger partial charge in [0, 0.05) is 31.1 Å². The average Bonchev–Trinajstić information content (AvgIpc) is 2.18. The van der Waals surface area contributed by atoms with E-state index in [4.69, 9.17) is 4.74 Å². The second kappa shape index (κ2) is 5.27. The van der Waals surface area contributed by atoms with Crippen molar-refractivity contribution in [3.8, 4) is 0 Å². The van der Waals surface area contributed by atoms with Crippen LogP contribution < -0.4 is 0 Å². The molecule has 0 atom stereocenters. The summed E-state index contributed by atoms with van der Waals surface area (Å²) in [6, 6.07) is 0. The Morgan fingerprint density at radius 3 is 2.50 bits per heavy atom. The lowest BCUT2D eigenvalue weighted by molar-refractivity contribution is -0.118. The van der Waals surface area contributed by atoms with Gasteiger partial charge in [-0.25, -0.2) is 0 Å². The summed E-state index contributed by atoms with van der Waals surface area (Å²) in [7, 11) is 0. The Kier molecular flexibility index (Phi) is 4.29. The van der Waals surface area contributed by atoms with Crippen molar-refractivity contribution in [3.05, 3.63) is 12.2 Å². The van der Waals surface area contributed by atoms with Gasteiger partial charge in [0.25, 0.3) is 0 Å². The van der Waals surface area contributed by atoms with Gasteiger partial charge in [0.15, 0.2) is 5.78 Å². The van der Waals surface area contributed by atoms with Crippen LogP contribution in [0.5, 0.6) is 0 Å². The zero-order valence-corrected chi connectivity index (χ0v) is 9.08. The molecular weight excluding hydrogens is 178 g/mol. The summed E-state index contributed by atoms with van der Waals surface area (Å²) in [5.41, 5.74) is 0.724. The number of ether oxygens (including phenoxy) is 1. The Labute approximate surface area is 85.7 Å². The molecule has 1 aliphatic heterocycles. The second-order valence-electron chi connectivity index (χ2n) is 4.01. The Morgan fingerprint density at radius 2 is 2.00 bits per heavy atom. The van der Waals surface area contributed by atoms with Gasteiger partial charge in [-0.05, 0) is 0 Å². The van der Waals surface area contributed by atoms with Crippen molar-refractivity contribution in [3.63, 3.8) is 0 Å². The van der Waals surface area contributed by atoms with Gasteiger partial charge >= 0.3 is 0 Å². The largest absolute Gasteiger partial charge is 0.379 e. The molecule has 1 saturated heterocycles. The Bertz CT molecular complexity index is 217. The van der Waals surface area contributed by atoms with E-state index in [0.717, 1.165) is 31.9 Å². The maximum Gasteiger partial charge on any atom is 0.162 e. The zero-order chi connectivity index (χ0) is 10.6. The predicted molar refractivity (Wildman–Crippen MR) is 56.2 cm³/mol. The molecule has 1 aliphatic rings. The fourth-order valence-electron chi connectivity index (χ4n) is 1.52. The lowest BCUT2D eigenvalue weighted by Gasteiger charge is -2.27. The van der Waals surface area contributed by atoms with Gasteiger partial charge in [0.1, 0.15) is 0 Å². The average molecular weight is 197 g/mol. The smallest absolute Gasteiger partial charge is 0.162 e. The Morgan fingerprint density at radius 1 is 1.43 bits per heavy atom. The van der Waals surface area contributed by atoms with Crippen molar-refractivity contribution in [2.45, 2.75) is 13.8 Å². The number of ketones is 1. The van der Waals surface area contributed by atoms with Crippen molar-refractivity contribution < 1.29 is 9.53 Å². The topological polar surface area (TPSA) is 29.5 Å². The van der Waals surface area contributed by atoms with Crippen LogP contribution in [-0.4, -0.2) is 43.5 Å². The van der Waals surface area contributed by atoms with E-state index in [9.17, 15) is 4.79 Å². The number of hydrogen-bond donors (Lipinski definition) is 0. The minimum absolute atomic E-state index is 0.0588. The number of nitrogens with zero attached hydrogens (tertiary/aromatic N) is 1. The molecule has 1 fully saturated rings. The van der Waals surface area contributed by atoms with E-state index in [0.29, 0.717) is 6.54 Å². The van der Waals surface area contributed by atoms with Crippen LogP contribution in [0.25, 0.3) is 0 Å². The van der Waals surface area contributed by atoms with Crippen molar-refractivity contribution >= 4 is 5.78 Å². The SMILES string of the molecule is C=C(CN1CCOCC1)C(=O)C(C)C. The molecule has 0 bridgehead atoms. The Balaban J connectivity index is 2.35. The molecule has 3 nitrogen and oxygen atoms in total. The van der Waals surface area contributed by atoms with E-state index in [-0.39, 0.29) is 11.7 Å². The molecule has 0 unspecified atom stereocenters. The molecule has 0 aromatic heterocycles. The molecule has 0 radical (unpaired) electrons. The van der Waals surface area contributed by atoms with Gasteiger partial charge in [-0.3, -0.25) is 9.69 Å². The van der Waals surface area contributed by atoms with Crippen molar-refractivity contribution in [1.29, 1.82) is 0 Å². The van der Waals surface area contributed by atoms with Crippen LogP contribution in [0.2, 0.25) is 0 Å². The lowest BCUT2D eigenvalue weighted by Crippen LogP contribution is -2.38. The van der Waals surface area contributed by atoms with Gasteiger partial charge in [-0.1, -0.05) is 20.4 Å². The molecule has 1 heterocycles. The molecule has 0 amide bonds. The van der Waals surface area contributed by atoms with E-state index in [1.165, 1.54) is 0 Å². The van der Waals surface area contributed by atoms with Gasteiger partial charge < -0.3 is 4.74 Å². The number of morpholine rings is 1. The number of Topliss-reactive ketones (excluding diaryl/α,β-unsaturated/α-hetero) is 1. The molecule has 0 saturated carbocycles. The summed E-state index contributed by atoms with van der Waals surface area (Å²) < 4.78 is 5.23. The summed E-state index contributed by atoms with van der Waals surface area (Å²) in [5.74, 6) is 0.236. The molecule has 0 N–H and O–H groups in total. The van der Waals surface area contributed by atoms with Crippen LogP contribution in [0.3, 0.4) is 0 Å². The summed E-state index contributed by atoms with van der Waals surface area (Å²) in [6.07, 6.45) is 0. The summed E-state index contributed by atoms with van der Waals surface area (Å²) >= 11 is 0. The first-order valence-corrected chi connectivity index (χ1v) is 5.13. The van der Waals surface area contributed by atoms with Crippen LogP contribution in [0.1, 0.15) is 13.8 Å². The third-order valence-corrected chi connectivity index (χ3v) is 2.39. The zero-order valence-electron chi connectivity index (χ0n) is 9.08. The van der Waals surface area contributed by atoms with Crippen LogP contribution in [-0.2, 0) is 9.53 Å². The maximum atomic E-state index is 11.6. The molecule has 80 valence electrons. The summed E-state index contributed by atoms with van der Waals surface area (Å²) in [5, 5.41) is 0. The van der Waals surface area contributed by atoms with Crippen LogP contribution in [0.4, 0.5) is 0 Å². The molecule has 0 aliphatic carbocycles. The van der Waals surface area contributed by atoms with E-state index in [2.05, 4.69) is 11.5 Å². The highest BCUT2D eigenvalue weighted by Crippen LogP contribution is 2.07. The number of hydrogen-bond acceptors (Lipinski definition) is 3. The minimum atomic E-state index is 0.0588. The molecule has 0 spiro atoms.